The van der Waals surface area contributed by atoms with E-state index in [4.69, 9.17) is 46.4 Å². The van der Waals surface area contributed by atoms with Crippen LogP contribution in [0, 0.1) is 0 Å². The highest BCUT2D eigenvalue weighted by atomic mass is 35.5. The Hall–Kier alpha value is -0.800. The normalized spacial score (nSPS) is 10.5. The summed E-state index contributed by atoms with van der Waals surface area (Å²) in [7, 11) is 0. The van der Waals surface area contributed by atoms with Crippen LogP contribution in [0.3, 0.4) is 0 Å². The van der Waals surface area contributed by atoms with Gasteiger partial charge >= 0.3 is 0 Å². The molecule has 0 unspecified atom stereocenters. The SMILES string of the molecule is Oc1c(Cl)cc(NCc2cccc(Cl)c2Cl)cc1Cl. The molecule has 0 saturated carbocycles. The van der Waals surface area contributed by atoms with Crippen LogP contribution in [0.15, 0.2) is 30.3 Å². The highest BCUT2D eigenvalue weighted by Crippen LogP contribution is 2.35. The zero-order chi connectivity index (χ0) is 14.0. The van der Waals surface area contributed by atoms with E-state index < -0.39 is 0 Å². The van der Waals surface area contributed by atoms with E-state index in [0.717, 1.165) is 5.56 Å². The van der Waals surface area contributed by atoms with Crippen molar-refractivity contribution in [1.29, 1.82) is 0 Å². The molecule has 0 bridgehead atoms. The van der Waals surface area contributed by atoms with Crippen molar-refractivity contribution in [3.8, 4) is 5.75 Å². The minimum Gasteiger partial charge on any atom is -0.505 e. The molecule has 0 atom stereocenters. The van der Waals surface area contributed by atoms with E-state index in [2.05, 4.69) is 5.32 Å². The van der Waals surface area contributed by atoms with Crippen molar-refractivity contribution in [2.24, 2.45) is 0 Å². The second-order valence-electron chi connectivity index (χ2n) is 3.85. The fourth-order valence-corrected chi connectivity index (χ4v) is 2.42. The average molecular weight is 337 g/mol. The minimum absolute atomic E-state index is 0.130. The van der Waals surface area contributed by atoms with Gasteiger partial charge in [-0.05, 0) is 23.8 Å². The van der Waals surface area contributed by atoms with Crippen molar-refractivity contribution >= 4 is 52.1 Å². The van der Waals surface area contributed by atoms with Crippen LogP contribution in [-0.4, -0.2) is 5.11 Å². The molecule has 100 valence electrons. The molecular weight excluding hydrogens is 328 g/mol. The van der Waals surface area contributed by atoms with Crippen molar-refractivity contribution in [1.82, 2.24) is 0 Å². The molecule has 2 N–H and O–H groups in total. The van der Waals surface area contributed by atoms with Gasteiger partial charge in [-0.15, -0.1) is 0 Å². The quantitative estimate of drug-likeness (QED) is 0.713. The van der Waals surface area contributed by atoms with Gasteiger partial charge < -0.3 is 10.4 Å². The number of phenolic OH excluding ortho intramolecular Hbond substituents is 1. The molecule has 0 aliphatic heterocycles. The number of rotatable bonds is 3. The Bertz CT molecular complexity index is 593. The lowest BCUT2D eigenvalue weighted by atomic mass is 10.2. The average Bonchev–Trinajstić information content (AvgIpc) is 2.37. The third kappa shape index (κ3) is 3.40. The molecule has 2 aromatic rings. The van der Waals surface area contributed by atoms with Crippen molar-refractivity contribution in [3.05, 3.63) is 56.0 Å². The van der Waals surface area contributed by atoms with Crippen molar-refractivity contribution in [2.45, 2.75) is 6.54 Å². The van der Waals surface area contributed by atoms with Crippen LogP contribution in [0.25, 0.3) is 0 Å². The molecule has 0 amide bonds. The van der Waals surface area contributed by atoms with Gasteiger partial charge in [-0.1, -0.05) is 58.5 Å². The molecule has 0 radical (unpaired) electrons. The lowest BCUT2D eigenvalue weighted by Gasteiger charge is -2.10. The molecule has 19 heavy (non-hydrogen) atoms. The van der Waals surface area contributed by atoms with Gasteiger partial charge in [-0.25, -0.2) is 0 Å². The fraction of sp³-hybridized carbons (Fsp3) is 0.0769. The van der Waals surface area contributed by atoms with Crippen LogP contribution in [0.4, 0.5) is 5.69 Å². The molecule has 6 heteroatoms. The van der Waals surface area contributed by atoms with Crippen molar-refractivity contribution in [3.63, 3.8) is 0 Å². The Kier molecular flexibility index (Phi) is 4.69. The predicted molar refractivity (Wildman–Crippen MR) is 81.9 cm³/mol. The van der Waals surface area contributed by atoms with Gasteiger partial charge in [0.15, 0.2) is 5.75 Å². The molecule has 0 aliphatic rings. The van der Waals surface area contributed by atoms with Crippen LogP contribution in [-0.2, 0) is 6.54 Å². The van der Waals surface area contributed by atoms with Crippen LogP contribution in [0.1, 0.15) is 5.56 Å². The summed E-state index contributed by atoms with van der Waals surface area (Å²) in [6.07, 6.45) is 0. The molecule has 0 spiro atoms. The fourth-order valence-electron chi connectivity index (χ4n) is 1.55. The van der Waals surface area contributed by atoms with E-state index >= 15 is 0 Å². The van der Waals surface area contributed by atoms with Crippen LogP contribution < -0.4 is 5.32 Å². The standard InChI is InChI=1S/C13H9Cl4NO/c14-9-3-1-2-7(12(9)17)6-18-8-4-10(15)13(19)11(16)5-8/h1-5,18-19H,6H2. The topological polar surface area (TPSA) is 32.3 Å². The van der Waals surface area contributed by atoms with E-state index in [0.29, 0.717) is 22.3 Å². The largest absolute Gasteiger partial charge is 0.505 e. The summed E-state index contributed by atoms with van der Waals surface area (Å²) < 4.78 is 0. The summed E-state index contributed by atoms with van der Waals surface area (Å²) >= 11 is 23.7. The van der Waals surface area contributed by atoms with E-state index in [1.807, 2.05) is 12.1 Å². The maximum Gasteiger partial charge on any atom is 0.152 e. The van der Waals surface area contributed by atoms with E-state index in [1.54, 1.807) is 18.2 Å². The third-order valence-electron chi connectivity index (χ3n) is 2.53. The number of hydrogen-bond acceptors (Lipinski definition) is 2. The van der Waals surface area contributed by atoms with Gasteiger partial charge in [0, 0.05) is 12.2 Å². The second kappa shape index (κ2) is 6.10. The summed E-state index contributed by atoms with van der Waals surface area (Å²) in [5.41, 5.74) is 1.54. The van der Waals surface area contributed by atoms with E-state index in [9.17, 15) is 5.11 Å². The Morgan fingerprint density at radius 2 is 1.58 bits per heavy atom. The second-order valence-corrected chi connectivity index (χ2v) is 5.45. The van der Waals surface area contributed by atoms with Gasteiger partial charge in [0.25, 0.3) is 0 Å². The van der Waals surface area contributed by atoms with Crippen LogP contribution in [0.2, 0.25) is 20.1 Å². The van der Waals surface area contributed by atoms with Crippen LogP contribution >= 0.6 is 46.4 Å². The lowest BCUT2D eigenvalue weighted by Crippen LogP contribution is -2.00. The van der Waals surface area contributed by atoms with Gasteiger partial charge in [-0.2, -0.15) is 0 Å². The smallest absolute Gasteiger partial charge is 0.152 e. The van der Waals surface area contributed by atoms with Crippen LogP contribution in [0.5, 0.6) is 5.75 Å². The first-order valence-electron chi connectivity index (χ1n) is 5.34. The Balaban J connectivity index is 2.17. The highest BCUT2D eigenvalue weighted by Gasteiger charge is 2.08. The highest BCUT2D eigenvalue weighted by molar-refractivity contribution is 6.42. The molecule has 0 heterocycles. The lowest BCUT2D eigenvalue weighted by molar-refractivity contribution is 0.476. The molecule has 0 saturated heterocycles. The Morgan fingerprint density at radius 1 is 0.947 bits per heavy atom. The van der Waals surface area contributed by atoms with E-state index in [1.165, 1.54) is 0 Å². The zero-order valence-corrected chi connectivity index (χ0v) is 12.6. The number of anilines is 1. The zero-order valence-electron chi connectivity index (χ0n) is 9.55. The molecule has 2 rings (SSSR count). The number of hydrogen-bond donors (Lipinski definition) is 2. The van der Waals surface area contributed by atoms with Gasteiger partial charge in [0.05, 0.1) is 20.1 Å². The summed E-state index contributed by atoms with van der Waals surface area (Å²) in [6, 6.07) is 8.58. The molecule has 0 aliphatic carbocycles. The van der Waals surface area contributed by atoms with Crippen molar-refractivity contribution in [2.75, 3.05) is 5.32 Å². The number of benzene rings is 2. The number of nitrogens with one attached hydrogen (secondary N) is 1. The van der Waals surface area contributed by atoms with Gasteiger partial charge in [0.1, 0.15) is 0 Å². The maximum absolute atomic E-state index is 9.47. The first-order chi connectivity index (χ1) is 8.99. The minimum atomic E-state index is -0.130. The molecule has 2 nitrogen and oxygen atoms in total. The number of phenols is 1. The Morgan fingerprint density at radius 3 is 2.21 bits per heavy atom. The monoisotopic (exact) mass is 335 g/mol. The predicted octanol–water partition coefficient (Wildman–Crippen LogP) is 5.62. The summed E-state index contributed by atoms with van der Waals surface area (Å²) in [4.78, 5) is 0. The molecule has 0 fully saturated rings. The maximum atomic E-state index is 9.47. The molecule has 2 aromatic carbocycles. The third-order valence-corrected chi connectivity index (χ3v) is 3.97. The first-order valence-corrected chi connectivity index (χ1v) is 6.85. The first kappa shape index (κ1) is 14.6. The van der Waals surface area contributed by atoms with E-state index in [-0.39, 0.29) is 15.8 Å². The summed E-state index contributed by atoms with van der Waals surface area (Å²) in [6.45, 7) is 0.469. The molecular formula is C13H9Cl4NO. The van der Waals surface area contributed by atoms with Gasteiger partial charge in [-0.3, -0.25) is 0 Å². The summed E-state index contributed by atoms with van der Waals surface area (Å²) in [5.74, 6) is -0.130. The van der Waals surface area contributed by atoms with Gasteiger partial charge in [0.2, 0.25) is 0 Å². The summed E-state index contributed by atoms with van der Waals surface area (Å²) in [5, 5.41) is 14.0. The Labute approximate surface area is 130 Å². The van der Waals surface area contributed by atoms with Crippen molar-refractivity contribution < 1.29 is 5.11 Å². The number of aromatic hydroxyl groups is 1. The molecule has 0 aromatic heterocycles. The number of halogens is 4.